The fourth-order valence-corrected chi connectivity index (χ4v) is 7.39. The molecule has 2 aromatic rings. The van der Waals surface area contributed by atoms with Crippen molar-refractivity contribution in [1.82, 2.24) is 4.90 Å². The van der Waals surface area contributed by atoms with Crippen LogP contribution in [0.3, 0.4) is 0 Å². The lowest BCUT2D eigenvalue weighted by atomic mass is 9.52. The lowest BCUT2D eigenvalue weighted by Gasteiger charge is -2.52. The van der Waals surface area contributed by atoms with Crippen LogP contribution in [-0.4, -0.2) is 76.6 Å². The van der Waals surface area contributed by atoms with E-state index in [-0.39, 0.29) is 36.7 Å². The van der Waals surface area contributed by atoms with Crippen molar-refractivity contribution >= 4 is 29.0 Å². The highest BCUT2D eigenvalue weighted by atomic mass is 19.1. The zero-order valence-corrected chi connectivity index (χ0v) is 23.8. The van der Waals surface area contributed by atoms with Crippen molar-refractivity contribution in [2.45, 2.75) is 44.2 Å². The van der Waals surface area contributed by atoms with Gasteiger partial charge in [-0.25, -0.2) is 0 Å². The summed E-state index contributed by atoms with van der Waals surface area (Å²) < 4.78 is 12.7. The molecule has 5 rings (SSSR count). The first-order valence-corrected chi connectivity index (χ1v) is 14.2. The lowest BCUT2D eigenvalue weighted by molar-refractivity contribution is -0.181. The van der Waals surface area contributed by atoms with E-state index in [2.05, 4.69) is 0 Å². The summed E-state index contributed by atoms with van der Waals surface area (Å²) in [6.45, 7) is 1.61. The van der Waals surface area contributed by atoms with Crippen molar-refractivity contribution in [2.24, 2.45) is 35.3 Å². The number of hydrogen-bond acceptors (Lipinski definition) is 8. The molecule has 0 heterocycles. The van der Waals surface area contributed by atoms with Gasteiger partial charge < -0.3 is 15.9 Å². The van der Waals surface area contributed by atoms with Crippen LogP contribution in [0.4, 0.5) is 4.39 Å². The van der Waals surface area contributed by atoms with Crippen molar-refractivity contribution in [1.29, 1.82) is 0 Å². The van der Waals surface area contributed by atoms with Crippen LogP contribution in [0.25, 0.3) is 11.1 Å². The number of Topliss-reactive ketones (excluding diaryl/α,β-unsaturated/α-hetero) is 4. The summed E-state index contributed by atoms with van der Waals surface area (Å²) in [5, 5.41) is 22.5. The van der Waals surface area contributed by atoms with Gasteiger partial charge in [0.25, 0.3) is 0 Å². The molecule has 0 radical (unpaired) electrons. The summed E-state index contributed by atoms with van der Waals surface area (Å²) in [5.41, 5.74) is 5.63. The normalized spacial score (nSPS) is 29.6. The van der Waals surface area contributed by atoms with E-state index in [0.29, 0.717) is 24.0 Å². The molecular weight excluding hydrogens is 543 g/mol. The van der Waals surface area contributed by atoms with Gasteiger partial charge in [0.1, 0.15) is 5.75 Å². The standard InChI is InChI=1S/C32H35FN2O7/c1-15(10-11-33)12-16-4-6-17(7-5-16)19-8-9-22(36)24-20(19)13-18-14-21-26(35(2)3)28(38)25(31(34)41)30(40)32(21,42)29(39)23(18)27(24)37/h4-9,15,18,21,23,25-26,36,42H,10-14H2,1-3H3,(H2,34,41)/t15?,18-,21-,23?,25?,26-,32-/m0/s1. The molecule has 3 unspecified atom stereocenters. The fraction of sp³-hybridized carbons (Fsp3) is 0.469. The van der Waals surface area contributed by atoms with Crippen LogP contribution >= 0.6 is 0 Å². The van der Waals surface area contributed by atoms with Gasteiger partial charge in [-0.05, 0) is 79.9 Å². The lowest BCUT2D eigenvalue weighted by Crippen LogP contribution is -2.74. The number of ketones is 4. The van der Waals surface area contributed by atoms with Gasteiger partial charge in [-0.15, -0.1) is 0 Å². The molecule has 3 aliphatic rings. The zero-order valence-electron chi connectivity index (χ0n) is 23.8. The monoisotopic (exact) mass is 578 g/mol. The number of likely N-dealkylation sites (N-methyl/N-ethyl adjacent to an activating group) is 1. The molecular formula is C32H35FN2O7. The number of phenolic OH excluding ortho intramolecular Hbond substituents is 1. The van der Waals surface area contributed by atoms with Crippen molar-refractivity contribution in [3.8, 4) is 16.9 Å². The Bertz CT molecular complexity index is 1490. The van der Waals surface area contributed by atoms with Crippen molar-refractivity contribution < 1.29 is 38.6 Å². The Labute approximate surface area is 242 Å². The minimum Gasteiger partial charge on any atom is -0.507 e. The molecule has 2 fully saturated rings. The summed E-state index contributed by atoms with van der Waals surface area (Å²) in [7, 11) is 3.10. The van der Waals surface area contributed by atoms with Crippen LogP contribution in [0.5, 0.6) is 5.75 Å². The van der Waals surface area contributed by atoms with E-state index in [0.717, 1.165) is 11.1 Å². The minimum atomic E-state index is -2.75. The molecule has 0 spiro atoms. The molecule has 3 aliphatic carbocycles. The van der Waals surface area contributed by atoms with Crippen molar-refractivity contribution in [3.63, 3.8) is 0 Å². The van der Waals surface area contributed by atoms with Gasteiger partial charge in [-0.1, -0.05) is 37.3 Å². The Morgan fingerprint density at radius 3 is 2.36 bits per heavy atom. The maximum Gasteiger partial charge on any atom is 0.235 e. The topological polar surface area (TPSA) is 155 Å². The van der Waals surface area contributed by atoms with Gasteiger partial charge >= 0.3 is 0 Å². The van der Waals surface area contributed by atoms with Crippen molar-refractivity contribution in [2.75, 3.05) is 20.8 Å². The third kappa shape index (κ3) is 4.48. The van der Waals surface area contributed by atoms with Crippen LogP contribution in [-0.2, 0) is 32.0 Å². The number of nitrogens with zero attached hydrogens (tertiary/aromatic N) is 1. The van der Waals surface area contributed by atoms with Crippen LogP contribution in [0.2, 0.25) is 0 Å². The van der Waals surface area contributed by atoms with Crippen LogP contribution in [0, 0.1) is 29.6 Å². The number of amides is 1. The van der Waals surface area contributed by atoms with E-state index in [1.165, 1.54) is 11.0 Å². The Kier molecular flexibility index (Phi) is 7.66. The van der Waals surface area contributed by atoms with E-state index in [1.54, 1.807) is 20.2 Å². The Hall–Kier alpha value is -3.76. The first-order chi connectivity index (χ1) is 19.8. The maximum atomic E-state index is 13.9. The summed E-state index contributed by atoms with van der Waals surface area (Å²) in [6.07, 6.45) is 1.37. The fourth-order valence-electron chi connectivity index (χ4n) is 7.39. The molecule has 7 atom stereocenters. The number of carbonyl (C=O) groups excluding carboxylic acids is 5. The molecule has 2 saturated carbocycles. The maximum absolute atomic E-state index is 13.9. The summed E-state index contributed by atoms with van der Waals surface area (Å²) >= 11 is 0. The second-order valence-electron chi connectivity index (χ2n) is 12.3. The second kappa shape index (κ2) is 10.8. The molecule has 222 valence electrons. The number of aromatic hydroxyl groups is 1. The minimum absolute atomic E-state index is 0.00953. The van der Waals surface area contributed by atoms with E-state index >= 15 is 0 Å². The molecule has 0 aromatic heterocycles. The zero-order chi connectivity index (χ0) is 30.7. The Morgan fingerprint density at radius 2 is 1.76 bits per heavy atom. The molecule has 0 saturated heterocycles. The quantitative estimate of drug-likeness (QED) is 0.422. The molecule has 0 aliphatic heterocycles. The van der Waals surface area contributed by atoms with Gasteiger partial charge in [0, 0.05) is 5.92 Å². The van der Waals surface area contributed by atoms with E-state index in [4.69, 9.17) is 5.73 Å². The average Bonchev–Trinajstić information content (AvgIpc) is 2.91. The van der Waals surface area contributed by atoms with Crippen LogP contribution in [0.1, 0.15) is 41.3 Å². The van der Waals surface area contributed by atoms with Gasteiger partial charge in [0.05, 0.1) is 24.2 Å². The molecule has 0 bridgehead atoms. The van der Waals surface area contributed by atoms with Crippen LogP contribution < -0.4 is 5.73 Å². The van der Waals surface area contributed by atoms with E-state index in [9.17, 15) is 38.6 Å². The number of nitrogens with two attached hydrogens (primary N) is 1. The highest BCUT2D eigenvalue weighted by Crippen LogP contribution is 2.51. The summed E-state index contributed by atoms with van der Waals surface area (Å²) in [5.74, 6) is -10.5. The number of aliphatic hydroxyl groups is 1. The molecule has 9 nitrogen and oxygen atoms in total. The average molecular weight is 579 g/mol. The predicted octanol–water partition coefficient (Wildman–Crippen LogP) is 2.07. The SMILES string of the molecule is CC(CCF)Cc1ccc(-c2ccc(O)c3c2C[C@H]2C[C@H]4[C@H](N(C)C)C(=O)C(C(N)=O)C(=O)[C@@]4(O)C(=O)C2C3=O)cc1. The number of carbonyl (C=O) groups is 5. The van der Waals surface area contributed by atoms with Crippen LogP contribution in [0.15, 0.2) is 36.4 Å². The Morgan fingerprint density at radius 1 is 1.10 bits per heavy atom. The number of alkyl halides is 1. The Balaban J connectivity index is 1.56. The number of phenols is 1. The van der Waals surface area contributed by atoms with E-state index < -0.39 is 64.4 Å². The predicted molar refractivity (Wildman–Crippen MR) is 150 cm³/mol. The molecule has 10 heteroatoms. The first-order valence-electron chi connectivity index (χ1n) is 14.2. The highest BCUT2D eigenvalue weighted by molar-refractivity contribution is 6.32. The number of rotatable bonds is 7. The number of fused-ring (bicyclic) bond motifs is 3. The molecule has 2 aromatic carbocycles. The number of halogens is 1. The number of primary amides is 1. The molecule has 42 heavy (non-hydrogen) atoms. The van der Waals surface area contributed by atoms with Crippen molar-refractivity contribution in [3.05, 3.63) is 53.1 Å². The highest BCUT2D eigenvalue weighted by Gasteiger charge is 2.69. The largest absolute Gasteiger partial charge is 0.507 e. The van der Waals surface area contributed by atoms with E-state index in [1.807, 2.05) is 31.2 Å². The molecule has 4 N–H and O–H groups in total. The summed E-state index contributed by atoms with van der Waals surface area (Å²) in [6, 6.07) is 9.62. The second-order valence-corrected chi connectivity index (χ2v) is 12.3. The number of hydrogen-bond donors (Lipinski definition) is 3. The van der Waals surface area contributed by atoms with Gasteiger partial charge in [-0.3, -0.25) is 33.3 Å². The third-order valence-electron chi connectivity index (χ3n) is 9.40. The van der Waals surface area contributed by atoms with Gasteiger partial charge in [0.2, 0.25) is 5.91 Å². The third-order valence-corrected chi connectivity index (χ3v) is 9.40. The first kappa shape index (κ1) is 29.7. The number of benzene rings is 2. The van der Waals surface area contributed by atoms with Gasteiger partial charge in [-0.2, -0.15) is 0 Å². The molecule has 1 amide bonds. The van der Waals surface area contributed by atoms with Gasteiger partial charge in [0.15, 0.2) is 34.7 Å². The summed E-state index contributed by atoms with van der Waals surface area (Å²) in [4.78, 5) is 68.1. The smallest absolute Gasteiger partial charge is 0.235 e.